The van der Waals surface area contributed by atoms with E-state index in [0.29, 0.717) is 12.5 Å². The molecule has 2 rings (SSSR count). The van der Waals surface area contributed by atoms with Crippen LogP contribution in [0.5, 0.6) is 5.75 Å². The van der Waals surface area contributed by atoms with Crippen molar-refractivity contribution in [2.75, 3.05) is 6.61 Å². The highest BCUT2D eigenvalue weighted by Gasteiger charge is 2.04. The molecule has 0 saturated heterocycles. The summed E-state index contributed by atoms with van der Waals surface area (Å²) in [6.07, 6.45) is 0.796. The molecule has 1 aromatic heterocycles. The molecule has 0 aliphatic heterocycles. The maximum atomic E-state index is 5.71. The molecule has 0 radical (unpaired) electrons. The third-order valence-electron chi connectivity index (χ3n) is 2.20. The van der Waals surface area contributed by atoms with Crippen LogP contribution in [-0.4, -0.2) is 11.6 Å². The van der Waals surface area contributed by atoms with E-state index in [0.717, 1.165) is 31.8 Å². The zero-order chi connectivity index (χ0) is 13.0. The minimum Gasteiger partial charge on any atom is -0.492 e. The fourth-order valence-corrected chi connectivity index (χ4v) is 3.53. The Kier molecular flexibility index (Phi) is 5.48. The zero-order valence-electron chi connectivity index (χ0n) is 9.33. The predicted molar refractivity (Wildman–Crippen MR) is 82.7 cm³/mol. The SMILES string of the molecule is ClCc1csc(CCOc2ccc(Br)cc2Br)n1. The summed E-state index contributed by atoms with van der Waals surface area (Å²) in [4.78, 5) is 4.38. The van der Waals surface area contributed by atoms with E-state index in [9.17, 15) is 0 Å². The number of hydrogen-bond acceptors (Lipinski definition) is 3. The third-order valence-corrected chi connectivity index (χ3v) is 4.55. The molecule has 0 unspecified atom stereocenters. The van der Waals surface area contributed by atoms with Crippen molar-refractivity contribution in [3.8, 4) is 5.75 Å². The highest BCUT2D eigenvalue weighted by Crippen LogP contribution is 2.28. The van der Waals surface area contributed by atoms with Gasteiger partial charge in [0.25, 0.3) is 0 Å². The molecular weight excluding hydrogens is 401 g/mol. The fraction of sp³-hybridized carbons (Fsp3) is 0.250. The maximum absolute atomic E-state index is 5.71. The number of thiazole rings is 1. The molecule has 0 fully saturated rings. The van der Waals surface area contributed by atoms with Gasteiger partial charge in [-0.2, -0.15) is 0 Å². The van der Waals surface area contributed by atoms with Gasteiger partial charge in [-0.25, -0.2) is 4.98 Å². The summed E-state index contributed by atoms with van der Waals surface area (Å²) in [6.45, 7) is 0.607. The molecule has 0 aliphatic carbocycles. The van der Waals surface area contributed by atoms with Gasteiger partial charge in [0.15, 0.2) is 0 Å². The summed E-state index contributed by atoms with van der Waals surface area (Å²) < 4.78 is 7.67. The average molecular weight is 412 g/mol. The van der Waals surface area contributed by atoms with Crippen LogP contribution in [0.15, 0.2) is 32.5 Å². The number of ether oxygens (including phenoxy) is 1. The molecule has 96 valence electrons. The molecule has 18 heavy (non-hydrogen) atoms. The number of benzene rings is 1. The van der Waals surface area contributed by atoms with E-state index in [4.69, 9.17) is 16.3 Å². The maximum Gasteiger partial charge on any atom is 0.133 e. The molecule has 2 aromatic rings. The Bertz CT molecular complexity index is 533. The number of aromatic nitrogens is 1. The van der Waals surface area contributed by atoms with E-state index >= 15 is 0 Å². The molecule has 0 aliphatic rings. The lowest BCUT2D eigenvalue weighted by Gasteiger charge is -2.07. The molecule has 1 aromatic carbocycles. The van der Waals surface area contributed by atoms with Crippen molar-refractivity contribution >= 4 is 54.8 Å². The van der Waals surface area contributed by atoms with E-state index < -0.39 is 0 Å². The van der Waals surface area contributed by atoms with Crippen LogP contribution in [0.3, 0.4) is 0 Å². The van der Waals surface area contributed by atoms with E-state index in [1.54, 1.807) is 11.3 Å². The molecule has 0 amide bonds. The van der Waals surface area contributed by atoms with Gasteiger partial charge in [0.05, 0.1) is 27.7 Å². The van der Waals surface area contributed by atoms with Gasteiger partial charge in [-0.1, -0.05) is 15.9 Å². The lowest BCUT2D eigenvalue weighted by Crippen LogP contribution is -2.01. The van der Waals surface area contributed by atoms with Gasteiger partial charge < -0.3 is 4.74 Å². The first-order valence-corrected chi connectivity index (χ1v) is 8.26. The van der Waals surface area contributed by atoms with Crippen molar-refractivity contribution in [1.29, 1.82) is 0 Å². The Balaban J connectivity index is 1.88. The molecule has 0 spiro atoms. The van der Waals surface area contributed by atoms with Crippen molar-refractivity contribution in [2.24, 2.45) is 0 Å². The van der Waals surface area contributed by atoms with Crippen LogP contribution >= 0.6 is 54.8 Å². The monoisotopic (exact) mass is 409 g/mol. The van der Waals surface area contributed by atoms with E-state index in [1.165, 1.54) is 0 Å². The third kappa shape index (κ3) is 3.95. The topological polar surface area (TPSA) is 22.1 Å². The first-order valence-electron chi connectivity index (χ1n) is 5.26. The van der Waals surface area contributed by atoms with Crippen LogP contribution in [0, 0.1) is 0 Å². The number of nitrogens with zero attached hydrogens (tertiary/aromatic N) is 1. The molecule has 2 nitrogen and oxygen atoms in total. The summed E-state index contributed by atoms with van der Waals surface area (Å²) in [5.41, 5.74) is 0.932. The second-order valence-corrected chi connectivity index (χ2v) is 6.52. The van der Waals surface area contributed by atoms with Gasteiger partial charge >= 0.3 is 0 Å². The Morgan fingerprint density at radius 3 is 2.83 bits per heavy atom. The molecule has 0 N–H and O–H groups in total. The molecule has 6 heteroatoms. The van der Waals surface area contributed by atoms with Crippen molar-refractivity contribution in [2.45, 2.75) is 12.3 Å². The van der Waals surface area contributed by atoms with Crippen LogP contribution in [0.25, 0.3) is 0 Å². The van der Waals surface area contributed by atoms with Gasteiger partial charge in [0.2, 0.25) is 0 Å². The van der Waals surface area contributed by atoms with Crippen molar-refractivity contribution < 1.29 is 4.74 Å². The first-order chi connectivity index (χ1) is 8.69. The number of alkyl halides is 1. The van der Waals surface area contributed by atoms with E-state index in [2.05, 4.69) is 36.8 Å². The highest BCUT2D eigenvalue weighted by atomic mass is 79.9. The second-order valence-electron chi connectivity index (χ2n) is 3.54. The summed E-state index contributed by atoms with van der Waals surface area (Å²) >= 11 is 14.2. The Morgan fingerprint density at radius 2 is 2.17 bits per heavy atom. The van der Waals surface area contributed by atoms with Crippen LogP contribution in [0.1, 0.15) is 10.7 Å². The fourth-order valence-electron chi connectivity index (χ4n) is 1.37. The van der Waals surface area contributed by atoms with Crippen molar-refractivity contribution in [1.82, 2.24) is 4.98 Å². The van der Waals surface area contributed by atoms with Gasteiger partial charge in [0, 0.05) is 16.3 Å². The van der Waals surface area contributed by atoms with E-state index in [-0.39, 0.29) is 0 Å². The quantitative estimate of drug-likeness (QED) is 0.644. The Morgan fingerprint density at radius 1 is 1.33 bits per heavy atom. The van der Waals surface area contributed by atoms with Crippen LogP contribution in [0.4, 0.5) is 0 Å². The lowest BCUT2D eigenvalue weighted by atomic mass is 10.3. The molecule has 0 saturated carbocycles. The lowest BCUT2D eigenvalue weighted by molar-refractivity contribution is 0.319. The minimum absolute atomic E-state index is 0.468. The molecule has 0 atom stereocenters. The minimum atomic E-state index is 0.468. The van der Waals surface area contributed by atoms with Gasteiger partial charge in [-0.15, -0.1) is 22.9 Å². The van der Waals surface area contributed by atoms with Crippen molar-refractivity contribution in [3.63, 3.8) is 0 Å². The summed E-state index contributed by atoms with van der Waals surface area (Å²) in [5.74, 6) is 1.31. The number of halogens is 3. The van der Waals surface area contributed by atoms with Crippen molar-refractivity contribution in [3.05, 3.63) is 43.2 Å². The summed E-state index contributed by atoms with van der Waals surface area (Å²) in [7, 11) is 0. The van der Waals surface area contributed by atoms with Crippen LogP contribution < -0.4 is 4.74 Å². The average Bonchev–Trinajstić information content (AvgIpc) is 2.80. The predicted octanol–water partition coefficient (Wildman–Crippen LogP) is 5.03. The zero-order valence-corrected chi connectivity index (χ0v) is 14.1. The summed E-state index contributed by atoms with van der Waals surface area (Å²) in [5, 5.41) is 3.04. The Labute approximate surface area is 132 Å². The smallest absolute Gasteiger partial charge is 0.133 e. The second kappa shape index (κ2) is 6.89. The normalized spacial score (nSPS) is 10.6. The van der Waals surface area contributed by atoms with Gasteiger partial charge in [-0.3, -0.25) is 0 Å². The standard InChI is InChI=1S/C12H10Br2ClNOS/c13-8-1-2-11(10(14)5-8)17-4-3-12-16-9(6-15)7-18-12/h1-2,5,7H,3-4,6H2. The number of rotatable bonds is 5. The van der Waals surface area contributed by atoms with Gasteiger partial charge in [0.1, 0.15) is 5.75 Å². The molecule has 1 heterocycles. The van der Waals surface area contributed by atoms with Crippen LogP contribution in [0.2, 0.25) is 0 Å². The van der Waals surface area contributed by atoms with Crippen LogP contribution in [-0.2, 0) is 12.3 Å². The number of hydrogen-bond donors (Lipinski definition) is 0. The first kappa shape index (κ1) is 14.3. The molecular formula is C12H10Br2ClNOS. The Hall–Kier alpha value is -0.100. The largest absolute Gasteiger partial charge is 0.492 e. The highest BCUT2D eigenvalue weighted by molar-refractivity contribution is 9.11. The van der Waals surface area contributed by atoms with Gasteiger partial charge in [-0.05, 0) is 34.1 Å². The summed E-state index contributed by atoms with van der Waals surface area (Å²) in [6, 6.07) is 5.85. The molecule has 0 bridgehead atoms. The van der Waals surface area contributed by atoms with E-state index in [1.807, 2.05) is 23.6 Å².